The van der Waals surface area contributed by atoms with Gasteiger partial charge >= 0.3 is 0 Å². The maximum atomic E-state index is 12.8. The van der Waals surface area contributed by atoms with Gasteiger partial charge in [-0.15, -0.1) is 0 Å². The third kappa shape index (κ3) is 3.24. The number of rotatable bonds is 2. The molecule has 0 aromatic heterocycles. The molecule has 1 aromatic carbocycles. The summed E-state index contributed by atoms with van der Waals surface area (Å²) < 4.78 is 0. The minimum absolute atomic E-state index is 0.107. The van der Waals surface area contributed by atoms with Crippen LogP contribution < -0.4 is 10.6 Å². The predicted octanol–water partition coefficient (Wildman–Crippen LogP) is 2.60. The fourth-order valence-corrected chi connectivity index (χ4v) is 2.75. The monoisotopic (exact) mass is 275 g/mol. The third-order valence-electron chi connectivity index (χ3n) is 4.04. The number of nitrogens with zero attached hydrogens (tertiary/aromatic N) is 2. The van der Waals surface area contributed by atoms with Gasteiger partial charge < -0.3 is 15.5 Å². The Morgan fingerprint density at radius 1 is 1.30 bits per heavy atom. The third-order valence-corrected chi connectivity index (χ3v) is 4.04. The summed E-state index contributed by atoms with van der Waals surface area (Å²) in [6.45, 7) is 3.96. The molecule has 0 bridgehead atoms. The standard InChI is InChI=1S/C16H25N3O/c1-12-5-4-9-19(10-8-12)16(20)14-11-13(17)6-7-15(14)18(2)3/h6-7,11-12H,4-5,8-10,17H2,1-3H3. The lowest BCUT2D eigenvalue weighted by Crippen LogP contribution is -2.33. The lowest BCUT2D eigenvalue weighted by atomic mass is 10.0. The zero-order chi connectivity index (χ0) is 14.7. The van der Waals surface area contributed by atoms with Crippen molar-refractivity contribution in [2.45, 2.75) is 26.2 Å². The van der Waals surface area contributed by atoms with Gasteiger partial charge in [0, 0.05) is 38.6 Å². The van der Waals surface area contributed by atoms with Crippen LogP contribution in [0.5, 0.6) is 0 Å². The maximum absolute atomic E-state index is 12.8. The number of benzene rings is 1. The van der Waals surface area contributed by atoms with E-state index < -0.39 is 0 Å². The summed E-state index contributed by atoms with van der Waals surface area (Å²) in [7, 11) is 3.90. The van der Waals surface area contributed by atoms with E-state index in [1.807, 2.05) is 36.0 Å². The first-order valence-electron chi connectivity index (χ1n) is 7.35. The zero-order valence-electron chi connectivity index (χ0n) is 12.7. The van der Waals surface area contributed by atoms with Crippen LogP contribution in [0.3, 0.4) is 0 Å². The highest BCUT2D eigenvalue weighted by molar-refractivity contribution is 6.00. The number of anilines is 2. The summed E-state index contributed by atoms with van der Waals surface area (Å²) in [5.74, 6) is 0.817. The number of nitrogen functional groups attached to an aromatic ring is 1. The number of amides is 1. The summed E-state index contributed by atoms with van der Waals surface area (Å²) >= 11 is 0. The molecule has 0 saturated carbocycles. The van der Waals surface area contributed by atoms with E-state index in [1.54, 1.807) is 6.07 Å². The molecule has 1 amide bonds. The molecule has 20 heavy (non-hydrogen) atoms. The van der Waals surface area contributed by atoms with E-state index in [9.17, 15) is 4.79 Å². The molecular weight excluding hydrogens is 250 g/mol. The molecule has 0 radical (unpaired) electrons. The van der Waals surface area contributed by atoms with Crippen molar-refractivity contribution in [1.82, 2.24) is 4.90 Å². The number of hydrogen-bond donors (Lipinski definition) is 1. The average molecular weight is 275 g/mol. The molecule has 1 aliphatic heterocycles. The number of hydrogen-bond acceptors (Lipinski definition) is 3. The Morgan fingerprint density at radius 3 is 2.75 bits per heavy atom. The Hall–Kier alpha value is -1.71. The number of carbonyl (C=O) groups is 1. The summed E-state index contributed by atoms with van der Waals surface area (Å²) in [5.41, 5.74) is 8.14. The van der Waals surface area contributed by atoms with Crippen molar-refractivity contribution in [3.05, 3.63) is 23.8 Å². The van der Waals surface area contributed by atoms with Gasteiger partial charge in [0.05, 0.1) is 5.56 Å². The van der Waals surface area contributed by atoms with Crippen LogP contribution in [0.4, 0.5) is 11.4 Å². The minimum atomic E-state index is 0.107. The largest absolute Gasteiger partial charge is 0.399 e. The number of nitrogens with two attached hydrogens (primary N) is 1. The summed E-state index contributed by atoms with van der Waals surface area (Å²) in [6, 6.07) is 5.56. The van der Waals surface area contributed by atoms with Gasteiger partial charge in [-0.2, -0.15) is 0 Å². The van der Waals surface area contributed by atoms with Crippen LogP contribution in [-0.4, -0.2) is 38.0 Å². The first kappa shape index (κ1) is 14.7. The van der Waals surface area contributed by atoms with Gasteiger partial charge in [0.1, 0.15) is 0 Å². The maximum Gasteiger partial charge on any atom is 0.256 e. The van der Waals surface area contributed by atoms with Crippen molar-refractivity contribution in [3.63, 3.8) is 0 Å². The van der Waals surface area contributed by atoms with Crippen molar-refractivity contribution in [2.75, 3.05) is 37.8 Å². The molecule has 1 aliphatic rings. The van der Waals surface area contributed by atoms with Crippen molar-refractivity contribution < 1.29 is 4.79 Å². The highest BCUT2D eigenvalue weighted by Gasteiger charge is 2.22. The molecule has 2 N–H and O–H groups in total. The van der Waals surface area contributed by atoms with Crippen LogP contribution in [0, 0.1) is 5.92 Å². The van der Waals surface area contributed by atoms with Crippen LogP contribution in [0.15, 0.2) is 18.2 Å². The van der Waals surface area contributed by atoms with Crippen LogP contribution in [-0.2, 0) is 0 Å². The second kappa shape index (κ2) is 6.16. The Morgan fingerprint density at radius 2 is 2.05 bits per heavy atom. The minimum Gasteiger partial charge on any atom is -0.399 e. The van der Waals surface area contributed by atoms with Crippen molar-refractivity contribution in [1.29, 1.82) is 0 Å². The SMILES string of the molecule is CC1CCCN(C(=O)c2cc(N)ccc2N(C)C)CC1. The molecule has 4 heteroatoms. The molecule has 1 unspecified atom stereocenters. The smallest absolute Gasteiger partial charge is 0.256 e. The van der Waals surface area contributed by atoms with Gasteiger partial charge in [0.15, 0.2) is 0 Å². The molecular formula is C16H25N3O. The van der Waals surface area contributed by atoms with Gasteiger partial charge in [0.25, 0.3) is 5.91 Å². The van der Waals surface area contributed by atoms with Crippen LogP contribution in [0.1, 0.15) is 36.5 Å². The lowest BCUT2D eigenvalue weighted by Gasteiger charge is -2.24. The van der Waals surface area contributed by atoms with Crippen LogP contribution in [0.25, 0.3) is 0 Å². The Bertz CT molecular complexity index is 485. The fourth-order valence-electron chi connectivity index (χ4n) is 2.75. The highest BCUT2D eigenvalue weighted by atomic mass is 16.2. The van der Waals surface area contributed by atoms with E-state index in [2.05, 4.69) is 6.92 Å². The van der Waals surface area contributed by atoms with Gasteiger partial charge in [-0.25, -0.2) is 0 Å². The summed E-state index contributed by atoms with van der Waals surface area (Å²) in [4.78, 5) is 16.7. The van der Waals surface area contributed by atoms with Crippen LogP contribution in [0.2, 0.25) is 0 Å². The predicted molar refractivity (Wildman–Crippen MR) is 84.1 cm³/mol. The van der Waals surface area contributed by atoms with Gasteiger partial charge in [0.2, 0.25) is 0 Å². The van der Waals surface area contributed by atoms with E-state index in [4.69, 9.17) is 5.73 Å². The topological polar surface area (TPSA) is 49.6 Å². The van der Waals surface area contributed by atoms with E-state index >= 15 is 0 Å². The summed E-state index contributed by atoms with van der Waals surface area (Å²) in [5, 5.41) is 0. The van der Waals surface area contributed by atoms with Gasteiger partial charge in [-0.05, 0) is 43.4 Å². The van der Waals surface area contributed by atoms with E-state index in [0.29, 0.717) is 17.2 Å². The van der Waals surface area contributed by atoms with Crippen molar-refractivity contribution in [2.24, 2.45) is 5.92 Å². The molecule has 1 aromatic rings. The number of likely N-dealkylation sites (tertiary alicyclic amines) is 1. The summed E-state index contributed by atoms with van der Waals surface area (Å²) in [6.07, 6.45) is 3.39. The lowest BCUT2D eigenvalue weighted by molar-refractivity contribution is 0.0761. The fraction of sp³-hybridized carbons (Fsp3) is 0.562. The van der Waals surface area contributed by atoms with E-state index in [0.717, 1.165) is 31.6 Å². The van der Waals surface area contributed by atoms with Crippen molar-refractivity contribution in [3.8, 4) is 0 Å². The molecule has 1 atom stereocenters. The van der Waals surface area contributed by atoms with Crippen LogP contribution >= 0.6 is 0 Å². The van der Waals surface area contributed by atoms with E-state index in [1.165, 1.54) is 6.42 Å². The molecule has 1 fully saturated rings. The Labute approximate surface area is 121 Å². The molecule has 110 valence electrons. The van der Waals surface area contributed by atoms with Crippen molar-refractivity contribution >= 4 is 17.3 Å². The normalized spacial score (nSPS) is 19.6. The molecule has 4 nitrogen and oxygen atoms in total. The quantitative estimate of drug-likeness (QED) is 0.844. The van der Waals surface area contributed by atoms with E-state index in [-0.39, 0.29) is 5.91 Å². The Kier molecular flexibility index (Phi) is 4.53. The number of carbonyl (C=O) groups excluding carboxylic acids is 1. The zero-order valence-corrected chi connectivity index (χ0v) is 12.7. The highest BCUT2D eigenvalue weighted by Crippen LogP contribution is 2.25. The molecule has 1 heterocycles. The van der Waals surface area contributed by atoms with Gasteiger partial charge in [-0.3, -0.25) is 4.79 Å². The van der Waals surface area contributed by atoms with Gasteiger partial charge in [-0.1, -0.05) is 6.92 Å². The second-order valence-corrected chi connectivity index (χ2v) is 6.00. The molecule has 1 saturated heterocycles. The average Bonchev–Trinajstić information content (AvgIpc) is 2.62. The molecule has 0 spiro atoms. The second-order valence-electron chi connectivity index (χ2n) is 6.00. The first-order chi connectivity index (χ1) is 9.49. The molecule has 2 rings (SSSR count). The molecule has 0 aliphatic carbocycles. The first-order valence-corrected chi connectivity index (χ1v) is 7.35. The Balaban J connectivity index is 2.25.